The number of carbonyl (C=O) groups excluding carboxylic acids is 3. The van der Waals surface area contributed by atoms with Crippen LogP contribution in [0.2, 0.25) is 0 Å². The summed E-state index contributed by atoms with van der Waals surface area (Å²) in [5, 5.41) is 13.8. The molecule has 0 fully saturated rings. The lowest BCUT2D eigenvalue weighted by atomic mass is 10.2. The van der Waals surface area contributed by atoms with Gasteiger partial charge in [-0.3, -0.25) is 10.1 Å². The predicted octanol–water partition coefficient (Wildman–Crippen LogP) is 3.10. The molecule has 1 aromatic rings. The van der Waals surface area contributed by atoms with Crippen molar-refractivity contribution in [2.24, 2.45) is 0 Å². The van der Waals surface area contributed by atoms with Crippen LogP contribution in [0.4, 0.5) is 10.5 Å². The van der Waals surface area contributed by atoms with Gasteiger partial charge >= 0.3 is 18.0 Å². The van der Waals surface area contributed by atoms with Crippen LogP contribution >= 0.6 is 11.8 Å². The van der Waals surface area contributed by atoms with Gasteiger partial charge in [0.05, 0.1) is 22.5 Å². The van der Waals surface area contributed by atoms with E-state index < -0.39 is 34.6 Å². The van der Waals surface area contributed by atoms with Crippen molar-refractivity contribution in [3.63, 3.8) is 0 Å². The molecule has 0 heterocycles. The number of esters is 2. The Hall–Kier alpha value is -3.08. The number of ether oxygens (including phenoxy) is 3. The third-order valence-electron chi connectivity index (χ3n) is 3.31. The summed E-state index contributed by atoms with van der Waals surface area (Å²) < 4.78 is 14.7. The van der Waals surface area contributed by atoms with Gasteiger partial charge in [0.2, 0.25) is 0 Å². The fourth-order valence-corrected chi connectivity index (χ4v) is 3.07. The molecular formula is C19H24N2O8S. The topological polar surface area (TPSA) is 134 Å². The van der Waals surface area contributed by atoms with Crippen LogP contribution < -0.4 is 5.32 Å². The Kier molecular flexibility index (Phi) is 9.31. The molecule has 1 rings (SSSR count). The predicted molar refractivity (Wildman–Crippen MR) is 109 cm³/mol. The number of benzene rings is 1. The van der Waals surface area contributed by atoms with Crippen molar-refractivity contribution in [2.75, 3.05) is 19.5 Å². The van der Waals surface area contributed by atoms with Crippen LogP contribution in [0.25, 0.3) is 0 Å². The Morgan fingerprint density at radius 1 is 1.33 bits per heavy atom. The van der Waals surface area contributed by atoms with Gasteiger partial charge in [-0.15, -0.1) is 11.8 Å². The lowest BCUT2D eigenvalue weighted by Gasteiger charge is -2.22. The fraction of sp³-hybridized carbons (Fsp3) is 0.421. The first kappa shape index (κ1) is 25.0. The van der Waals surface area contributed by atoms with E-state index in [2.05, 4.69) is 16.6 Å². The molecule has 30 heavy (non-hydrogen) atoms. The number of nitrogens with one attached hydrogen (secondary N) is 1. The summed E-state index contributed by atoms with van der Waals surface area (Å²) >= 11 is 0.944. The first-order chi connectivity index (χ1) is 14.0. The SMILES string of the molecule is C=CCOC(=O)c1ccc(SC[C@@H](NC(=O)OC(C)(C)C)C(=O)OC)c([N+](=O)[O-])c1. The maximum atomic E-state index is 12.0. The van der Waals surface area contributed by atoms with Gasteiger partial charge in [0.25, 0.3) is 5.69 Å². The first-order valence-electron chi connectivity index (χ1n) is 8.75. The fourth-order valence-electron chi connectivity index (χ4n) is 2.06. The summed E-state index contributed by atoms with van der Waals surface area (Å²) in [5.74, 6) is -1.53. The Morgan fingerprint density at radius 3 is 2.53 bits per heavy atom. The number of carbonyl (C=O) groups is 3. The maximum absolute atomic E-state index is 12.0. The van der Waals surface area contributed by atoms with Crippen molar-refractivity contribution in [1.29, 1.82) is 0 Å². The molecule has 1 N–H and O–H groups in total. The maximum Gasteiger partial charge on any atom is 0.408 e. The Morgan fingerprint density at radius 2 is 2.00 bits per heavy atom. The highest BCUT2D eigenvalue weighted by atomic mass is 32.2. The zero-order valence-electron chi connectivity index (χ0n) is 17.1. The molecule has 164 valence electrons. The molecule has 0 aliphatic carbocycles. The highest BCUT2D eigenvalue weighted by molar-refractivity contribution is 7.99. The molecule has 0 saturated heterocycles. The molecule has 1 aromatic carbocycles. The smallest absolute Gasteiger partial charge is 0.408 e. The first-order valence-corrected chi connectivity index (χ1v) is 9.73. The Balaban J connectivity index is 2.98. The van der Waals surface area contributed by atoms with Crippen LogP contribution in [0, 0.1) is 10.1 Å². The summed E-state index contributed by atoms with van der Waals surface area (Å²) in [6, 6.07) is 2.72. The standard InChI is InChI=1S/C19H24N2O8S/c1-6-9-28-16(22)12-7-8-15(14(10-12)21(25)26)30-11-13(17(23)27-5)20-18(24)29-19(2,3)4/h6-8,10,13H,1,9,11H2,2-5H3,(H,20,24)/t13-/m1/s1. The molecule has 0 aliphatic heterocycles. The minimum atomic E-state index is -1.10. The number of nitro groups is 1. The van der Waals surface area contributed by atoms with Crippen molar-refractivity contribution in [1.82, 2.24) is 5.32 Å². The molecule has 11 heteroatoms. The zero-order chi connectivity index (χ0) is 22.9. The molecular weight excluding hydrogens is 416 g/mol. The number of rotatable bonds is 9. The van der Waals surface area contributed by atoms with Crippen LogP contribution in [-0.4, -0.2) is 54.1 Å². The van der Waals surface area contributed by atoms with Crippen molar-refractivity contribution in [2.45, 2.75) is 37.3 Å². The van der Waals surface area contributed by atoms with Crippen LogP contribution in [0.5, 0.6) is 0 Å². The Labute approximate surface area is 178 Å². The lowest BCUT2D eigenvalue weighted by Crippen LogP contribution is -2.45. The molecule has 0 aliphatic rings. The van der Waals surface area contributed by atoms with Crippen molar-refractivity contribution in [3.8, 4) is 0 Å². The number of alkyl carbamates (subject to hydrolysis) is 1. The van der Waals surface area contributed by atoms with Crippen molar-refractivity contribution >= 4 is 35.5 Å². The van der Waals surface area contributed by atoms with E-state index in [1.54, 1.807) is 20.8 Å². The van der Waals surface area contributed by atoms with Gasteiger partial charge in [-0.2, -0.15) is 0 Å². The quantitative estimate of drug-likeness (QED) is 0.153. The molecule has 0 saturated carbocycles. The number of hydrogen-bond acceptors (Lipinski definition) is 9. The van der Waals surface area contributed by atoms with E-state index in [9.17, 15) is 24.5 Å². The molecule has 0 radical (unpaired) electrons. The molecule has 10 nitrogen and oxygen atoms in total. The average Bonchev–Trinajstić information content (AvgIpc) is 2.66. The molecule has 0 aromatic heterocycles. The normalized spacial score (nSPS) is 11.7. The van der Waals surface area contributed by atoms with E-state index in [4.69, 9.17) is 9.47 Å². The van der Waals surface area contributed by atoms with Gasteiger partial charge in [0, 0.05) is 11.8 Å². The lowest BCUT2D eigenvalue weighted by molar-refractivity contribution is -0.387. The number of amides is 1. The van der Waals surface area contributed by atoms with Gasteiger partial charge in [0.15, 0.2) is 0 Å². The minimum absolute atomic E-state index is 0.00398. The molecule has 1 atom stereocenters. The van der Waals surface area contributed by atoms with Gasteiger partial charge in [0.1, 0.15) is 18.2 Å². The van der Waals surface area contributed by atoms with E-state index in [0.29, 0.717) is 0 Å². The van der Waals surface area contributed by atoms with E-state index in [1.807, 2.05) is 0 Å². The van der Waals surface area contributed by atoms with Gasteiger partial charge in [-0.1, -0.05) is 12.7 Å². The highest BCUT2D eigenvalue weighted by Crippen LogP contribution is 2.31. The van der Waals surface area contributed by atoms with Crippen LogP contribution in [-0.2, 0) is 19.0 Å². The van der Waals surface area contributed by atoms with E-state index >= 15 is 0 Å². The summed E-state index contributed by atoms with van der Waals surface area (Å²) in [6.07, 6.45) is 0.551. The zero-order valence-corrected chi connectivity index (χ0v) is 17.9. The number of nitrogens with zero attached hydrogens (tertiary/aromatic N) is 1. The Bertz CT molecular complexity index is 819. The van der Waals surface area contributed by atoms with Crippen LogP contribution in [0.15, 0.2) is 35.7 Å². The van der Waals surface area contributed by atoms with Gasteiger partial charge < -0.3 is 19.5 Å². The van der Waals surface area contributed by atoms with Gasteiger partial charge in [-0.05, 0) is 32.9 Å². The molecule has 0 bridgehead atoms. The number of hydrogen-bond donors (Lipinski definition) is 1. The monoisotopic (exact) mass is 440 g/mol. The summed E-state index contributed by atoms with van der Waals surface area (Å²) in [4.78, 5) is 46.8. The average molecular weight is 440 g/mol. The largest absolute Gasteiger partial charge is 0.467 e. The highest BCUT2D eigenvalue weighted by Gasteiger charge is 2.27. The third-order valence-corrected chi connectivity index (χ3v) is 4.46. The van der Waals surface area contributed by atoms with Crippen LogP contribution in [0.3, 0.4) is 0 Å². The number of methoxy groups -OCH3 is 1. The summed E-state index contributed by atoms with van der Waals surface area (Å²) in [6.45, 7) is 8.39. The summed E-state index contributed by atoms with van der Waals surface area (Å²) in [7, 11) is 1.16. The minimum Gasteiger partial charge on any atom is -0.467 e. The molecule has 1 amide bonds. The molecule has 0 unspecified atom stereocenters. The summed E-state index contributed by atoms with van der Waals surface area (Å²) in [5.41, 5.74) is -1.11. The van der Waals surface area contributed by atoms with E-state index in [-0.39, 0.29) is 28.5 Å². The van der Waals surface area contributed by atoms with Crippen molar-refractivity contribution in [3.05, 3.63) is 46.5 Å². The molecule has 0 spiro atoms. The third kappa shape index (κ3) is 8.11. The van der Waals surface area contributed by atoms with E-state index in [1.165, 1.54) is 18.2 Å². The number of nitro benzene ring substituents is 1. The number of thioether (sulfide) groups is 1. The van der Waals surface area contributed by atoms with Crippen LogP contribution in [0.1, 0.15) is 31.1 Å². The second-order valence-corrected chi connectivity index (χ2v) is 7.92. The second kappa shape index (κ2) is 11.2. The van der Waals surface area contributed by atoms with Gasteiger partial charge in [-0.25, -0.2) is 14.4 Å². The van der Waals surface area contributed by atoms with E-state index in [0.717, 1.165) is 24.9 Å². The van der Waals surface area contributed by atoms with Crippen molar-refractivity contribution < 1.29 is 33.5 Å². The second-order valence-electron chi connectivity index (χ2n) is 6.86.